The van der Waals surface area contributed by atoms with Gasteiger partial charge in [-0.05, 0) is 112 Å². The molecular formula is C46H51N11O4. The van der Waals surface area contributed by atoms with Crippen molar-refractivity contribution < 1.29 is 19.2 Å². The second-order valence-corrected chi connectivity index (χ2v) is 16.8. The van der Waals surface area contributed by atoms with E-state index < -0.39 is 29.7 Å². The molecule has 15 nitrogen and oxygen atoms in total. The first kappa shape index (κ1) is 40.0. The zero-order chi connectivity index (χ0) is 41.9. The Balaban J connectivity index is 0.732. The summed E-state index contributed by atoms with van der Waals surface area (Å²) in [4.78, 5) is 67.1. The molecule has 6 heterocycles. The number of nitrogens with one attached hydrogen (secondary N) is 4. The van der Waals surface area contributed by atoms with E-state index in [4.69, 9.17) is 15.1 Å². The minimum Gasteiger partial charge on any atom is -0.384 e. The van der Waals surface area contributed by atoms with Gasteiger partial charge in [0.15, 0.2) is 0 Å². The summed E-state index contributed by atoms with van der Waals surface area (Å²) in [6, 6.07) is 17.3. The van der Waals surface area contributed by atoms with Gasteiger partial charge in [-0.2, -0.15) is 15.3 Å². The largest absolute Gasteiger partial charge is 0.384 e. The summed E-state index contributed by atoms with van der Waals surface area (Å²) < 4.78 is 1.97. The molecule has 0 radical (unpaired) electrons. The maximum atomic E-state index is 13.4. The number of hydrogen-bond donors (Lipinski definition) is 4. The van der Waals surface area contributed by atoms with E-state index in [9.17, 15) is 24.4 Å². The second kappa shape index (κ2) is 17.7. The molecule has 1 saturated carbocycles. The average Bonchev–Trinajstić information content (AvgIpc) is 4.11. The highest BCUT2D eigenvalue weighted by molar-refractivity contribution is 6.25. The van der Waals surface area contributed by atoms with Crippen LogP contribution in [0.25, 0.3) is 22.3 Å². The molecule has 2 unspecified atom stereocenters. The predicted molar refractivity (Wildman–Crippen MR) is 230 cm³/mol. The van der Waals surface area contributed by atoms with Gasteiger partial charge < -0.3 is 20.5 Å². The van der Waals surface area contributed by atoms with E-state index in [1.54, 1.807) is 18.2 Å². The number of fused-ring (bicyclic) bond motifs is 2. The second-order valence-electron chi connectivity index (χ2n) is 16.8. The van der Waals surface area contributed by atoms with Crippen LogP contribution in [0.4, 0.5) is 17.3 Å². The Morgan fingerprint density at radius 1 is 0.902 bits per heavy atom. The lowest BCUT2D eigenvalue weighted by Crippen LogP contribution is -2.54. The smallest absolute Gasteiger partial charge is 0.264 e. The summed E-state index contributed by atoms with van der Waals surface area (Å²) in [5.74, 6) is -0.502. The molecule has 314 valence electrons. The minimum atomic E-state index is -0.978. The van der Waals surface area contributed by atoms with Gasteiger partial charge in [-0.15, -0.1) is 0 Å². The number of nitriles is 1. The molecule has 5 aromatic rings. The van der Waals surface area contributed by atoms with E-state index in [0.717, 1.165) is 97.5 Å². The monoisotopic (exact) mass is 821 g/mol. The molecule has 2 saturated heterocycles. The molecule has 2 aromatic carbocycles. The normalized spacial score (nSPS) is 19.3. The molecule has 4 amide bonds. The van der Waals surface area contributed by atoms with Crippen molar-refractivity contribution in [3.8, 4) is 17.3 Å². The third-order valence-electron chi connectivity index (χ3n) is 13.0. The maximum Gasteiger partial charge on any atom is 0.264 e. The minimum absolute atomic E-state index is 0.0754. The van der Waals surface area contributed by atoms with E-state index in [2.05, 4.69) is 56.2 Å². The van der Waals surface area contributed by atoms with Crippen molar-refractivity contribution in [2.75, 3.05) is 36.8 Å². The van der Waals surface area contributed by atoms with Crippen LogP contribution in [0.15, 0.2) is 67.1 Å². The van der Waals surface area contributed by atoms with Crippen molar-refractivity contribution in [3.63, 3.8) is 0 Å². The number of nitrogens with zero attached hydrogens (tertiary/aromatic N) is 7. The molecule has 0 bridgehead atoms. The number of benzene rings is 2. The number of aromatic nitrogens is 5. The Hall–Kier alpha value is -6.40. The fourth-order valence-corrected chi connectivity index (χ4v) is 9.75. The van der Waals surface area contributed by atoms with Gasteiger partial charge in [-0.3, -0.25) is 34.1 Å². The molecule has 4 aliphatic rings. The number of amides is 4. The van der Waals surface area contributed by atoms with E-state index in [1.807, 2.05) is 29.3 Å². The number of hydrogen-bond acceptors (Lipinski definition) is 11. The van der Waals surface area contributed by atoms with Gasteiger partial charge in [0.2, 0.25) is 17.8 Å². The highest BCUT2D eigenvalue weighted by Crippen LogP contribution is 2.38. The van der Waals surface area contributed by atoms with Crippen molar-refractivity contribution in [1.29, 1.82) is 5.26 Å². The van der Waals surface area contributed by atoms with Crippen LogP contribution in [0, 0.1) is 17.2 Å². The topological polar surface area (TPSA) is 194 Å². The maximum absolute atomic E-state index is 13.4. The molecule has 3 aromatic heterocycles. The van der Waals surface area contributed by atoms with Crippen molar-refractivity contribution >= 4 is 52.0 Å². The van der Waals surface area contributed by atoms with Gasteiger partial charge in [0.25, 0.3) is 11.8 Å². The number of piperidine rings is 2. The molecule has 0 spiro atoms. The van der Waals surface area contributed by atoms with Crippen LogP contribution in [0.2, 0.25) is 0 Å². The Kier molecular flexibility index (Phi) is 11.6. The van der Waals surface area contributed by atoms with Crippen LogP contribution in [-0.2, 0) is 9.59 Å². The summed E-state index contributed by atoms with van der Waals surface area (Å²) in [5.41, 5.74) is 5.89. The molecule has 1 aliphatic carbocycles. The molecule has 9 rings (SSSR count). The third-order valence-corrected chi connectivity index (χ3v) is 13.0. The van der Waals surface area contributed by atoms with E-state index in [0.29, 0.717) is 42.0 Å². The Morgan fingerprint density at radius 3 is 2.51 bits per heavy atom. The first-order valence-electron chi connectivity index (χ1n) is 21.8. The lowest BCUT2D eigenvalue weighted by atomic mass is 9.89. The van der Waals surface area contributed by atoms with Crippen LogP contribution >= 0.6 is 0 Å². The number of unbranched alkanes of at least 4 members (excludes halogenated alkanes) is 2. The Labute approximate surface area is 354 Å². The Morgan fingerprint density at radius 2 is 1.72 bits per heavy atom. The van der Waals surface area contributed by atoms with Crippen molar-refractivity contribution in [1.82, 2.24) is 39.8 Å². The van der Waals surface area contributed by atoms with Gasteiger partial charge in [0.1, 0.15) is 11.7 Å². The molecule has 4 N–H and O–H groups in total. The summed E-state index contributed by atoms with van der Waals surface area (Å²) >= 11 is 0. The lowest BCUT2D eigenvalue weighted by molar-refractivity contribution is -0.136. The van der Waals surface area contributed by atoms with Gasteiger partial charge in [0.05, 0.1) is 41.5 Å². The summed E-state index contributed by atoms with van der Waals surface area (Å²) in [5, 5.41) is 24.2. The van der Waals surface area contributed by atoms with Crippen molar-refractivity contribution in [2.24, 2.45) is 5.92 Å². The van der Waals surface area contributed by atoms with Gasteiger partial charge >= 0.3 is 0 Å². The highest BCUT2D eigenvalue weighted by Gasteiger charge is 2.45. The molecule has 2 atom stereocenters. The van der Waals surface area contributed by atoms with Crippen LogP contribution in [0.1, 0.15) is 115 Å². The van der Waals surface area contributed by atoms with E-state index >= 15 is 0 Å². The van der Waals surface area contributed by atoms with Crippen LogP contribution in [0.3, 0.4) is 0 Å². The number of aromatic amines is 1. The van der Waals surface area contributed by atoms with Crippen molar-refractivity contribution in [3.05, 3.63) is 83.8 Å². The number of H-pyrrole nitrogens is 1. The van der Waals surface area contributed by atoms with Gasteiger partial charge in [0, 0.05) is 47.7 Å². The molecule has 3 fully saturated rings. The van der Waals surface area contributed by atoms with E-state index in [-0.39, 0.29) is 24.4 Å². The lowest BCUT2D eigenvalue weighted by Gasteiger charge is -2.32. The summed E-state index contributed by atoms with van der Waals surface area (Å²) in [7, 11) is 0. The molecule has 61 heavy (non-hydrogen) atoms. The summed E-state index contributed by atoms with van der Waals surface area (Å²) in [6.07, 6.45) is 16.4. The predicted octanol–water partition coefficient (Wildman–Crippen LogP) is 7.07. The number of likely N-dealkylation sites (tertiary alicyclic amines) is 1. The molecule has 3 aliphatic heterocycles. The standard InChI is InChI=1S/C46H51N11O4/c47-21-17-37(31-7-2-3-8-31)56-28-32(27-50-56)41-35-18-23-49-42(35)54-46(53-41)51-33-13-11-29(12-14-33)30-19-25-55(26-20-30)24-5-1-4-22-48-36-10-6-9-34-40(36)45(61)57(44(34)60)38-15-16-39(58)52-43(38)59/h6,9-14,18,23,27-28,30-31,37-38,48H,1-5,7-8,15-17,19-20,22,24-26H2,(H,52,58,59)(H2,49,51,53,54). The first-order valence-corrected chi connectivity index (χ1v) is 21.8. The van der Waals surface area contributed by atoms with Crippen LogP contribution < -0.4 is 16.0 Å². The number of carbonyl (C=O) groups excluding carboxylic acids is 4. The number of carbonyl (C=O) groups is 4. The van der Waals surface area contributed by atoms with Crippen LogP contribution in [0.5, 0.6) is 0 Å². The molecular weight excluding hydrogens is 771 g/mol. The summed E-state index contributed by atoms with van der Waals surface area (Å²) in [6.45, 7) is 3.81. The SMILES string of the molecule is N#CCC(C1CCCC1)n1cc(-c2nc(Nc3ccc(C4CCN(CCCCCNc5cccc6c5C(=O)N(C5CCC(=O)NC5=O)C6=O)CC4)cc3)nc3[nH]ccc23)cn1. The zero-order valence-corrected chi connectivity index (χ0v) is 34.2. The zero-order valence-electron chi connectivity index (χ0n) is 34.2. The fourth-order valence-electron chi connectivity index (χ4n) is 9.75. The number of rotatable bonds is 15. The van der Waals surface area contributed by atoms with Crippen molar-refractivity contribution in [2.45, 2.75) is 95.1 Å². The quantitative estimate of drug-likeness (QED) is 0.0623. The molecule has 15 heteroatoms. The highest BCUT2D eigenvalue weighted by atomic mass is 16.2. The first-order chi connectivity index (χ1) is 29.8. The van der Waals surface area contributed by atoms with Gasteiger partial charge in [-0.1, -0.05) is 37.5 Å². The van der Waals surface area contributed by atoms with E-state index in [1.165, 1.54) is 18.4 Å². The van der Waals surface area contributed by atoms with Gasteiger partial charge in [-0.25, -0.2) is 4.98 Å². The Bertz CT molecular complexity index is 2470. The average molecular weight is 822 g/mol. The fraction of sp³-hybridized carbons (Fsp3) is 0.435. The third kappa shape index (κ3) is 8.37. The van der Waals surface area contributed by atoms with Crippen LogP contribution in [-0.4, -0.2) is 90.4 Å². The number of anilines is 3. The number of imide groups is 2.